The molecule has 142 valence electrons. The Morgan fingerprint density at radius 2 is 2.04 bits per heavy atom. The van der Waals surface area contributed by atoms with Gasteiger partial charge in [-0.15, -0.1) is 0 Å². The van der Waals surface area contributed by atoms with E-state index in [1.807, 2.05) is 13.0 Å². The van der Waals surface area contributed by atoms with Crippen LogP contribution in [0.2, 0.25) is 0 Å². The molecule has 0 saturated carbocycles. The van der Waals surface area contributed by atoms with Crippen molar-refractivity contribution < 1.29 is 9.53 Å². The van der Waals surface area contributed by atoms with Crippen LogP contribution in [0.5, 0.6) is 5.88 Å². The number of ether oxygens (including phenoxy) is 1. The zero-order valence-electron chi connectivity index (χ0n) is 15.7. The van der Waals surface area contributed by atoms with Gasteiger partial charge < -0.3 is 15.8 Å². The van der Waals surface area contributed by atoms with E-state index in [0.29, 0.717) is 16.7 Å². The van der Waals surface area contributed by atoms with Crippen LogP contribution in [0, 0.1) is 0 Å². The maximum absolute atomic E-state index is 12.4. The summed E-state index contributed by atoms with van der Waals surface area (Å²) in [5.74, 6) is -0.0195. The van der Waals surface area contributed by atoms with Gasteiger partial charge in [0.2, 0.25) is 5.88 Å². The lowest BCUT2D eigenvalue weighted by atomic mass is 9.87. The molecule has 0 bridgehead atoms. The maximum Gasteiger partial charge on any atom is 0.275 e. The second-order valence-corrected chi connectivity index (χ2v) is 8.82. The molecule has 8 nitrogen and oxygen atoms in total. The summed E-state index contributed by atoms with van der Waals surface area (Å²) in [5.41, 5.74) is 7.02. The number of rotatable bonds is 4. The number of nitrogens with one attached hydrogen (secondary N) is 1. The molecule has 1 amide bonds. The number of nitrogens with zero attached hydrogens (tertiary/aromatic N) is 4. The standard InChI is InChI=1S/C18H22N6O2S/c1-17(2)10-18(3,24-16(19)27-17)13-7-11(5-6-20-13)23-15(25)12-8-22-14(26-4)9-21-12/h5-9H,10H2,1-4H3,(H2,19,24)(H,20,23,25)/t18-/m0/s1. The summed E-state index contributed by atoms with van der Waals surface area (Å²) in [4.78, 5) is 29.5. The summed E-state index contributed by atoms with van der Waals surface area (Å²) in [5, 5.41) is 3.36. The summed E-state index contributed by atoms with van der Waals surface area (Å²) in [7, 11) is 1.49. The number of pyridine rings is 1. The Bertz CT molecular complexity index is 884. The van der Waals surface area contributed by atoms with E-state index in [1.54, 1.807) is 24.0 Å². The van der Waals surface area contributed by atoms with E-state index in [4.69, 9.17) is 10.5 Å². The van der Waals surface area contributed by atoms with Gasteiger partial charge in [-0.2, -0.15) is 0 Å². The Morgan fingerprint density at radius 1 is 1.26 bits per heavy atom. The SMILES string of the molecule is COc1cnc(C(=O)Nc2ccnc([C@]3(C)CC(C)(C)SC(N)=N3)c2)cn1. The first-order chi connectivity index (χ1) is 12.7. The van der Waals surface area contributed by atoms with Crippen LogP contribution in [-0.2, 0) is 5.54 Å². The van der Waals surface area contributed by atoms with Crippen molar-refractivity contribution in [2.75, 3.05) is 12.4 Å². The number of aliphatic imine (C=N–C) groups is 1. The molecule has 0 aromatic carbocycles. The number of carbonyl (C=O) groups is 1. The zero-order chi connectivity index (χ0) is 19.7. The Morgan fingerprint density at radius 3 is 2.67 bits per heavy atom. The van der Waals surface area contributed by atoms with Crippen molar-refractivity contribution in [3.05, 3.63) is 42.1 Å². The first kappa shape index (κ1) is 19.1. The van der Waals surface area contributed by atoms with Gasteiger partial charge in [-0.05, 0) is 25.5 Å². The van der Waals surface area contributed by atoms with Crippen LogP contribution in [0.15, 0.2) is 35.7 Å². The van der Waals surface area contributed by atoms with Crippen LogP contribution >= 0.6 is 11.8 Å². The largest absolute Gasteiger partial charge is 0.480 e. The van der Waals surface area contributed by atoms with Gasteiger partial charge in [0.15, 0.2) is 5.17 Å². The van der Waals surface area contributed by atoms with Crippen molar-refractivity contribution >= 4 is 28.5 Å². The molecule has 2 aromatic rings. The predicted octanol–water partition coefficient (Wildman–Crippen LogP) is 2.58. The molecular formula is C18H22N6O2S. The number of hydrogen-bond acceptors (Lipinski definition) is 8. The van der Waals surface area contributed by atoms with Crippen LogP contribution in [0.3, 0.4) is 0 Å². The average molecular weight is 386 g/mol. The molecule has 0 radical (unpaired) electrons. The van der Waals surface area contributed by atoms with Crippen molar-refractivity contribution in [3.8, 4) is 5.88 Å². The Labute approximate surface area is 162 Å². The molecule has 1 aliphatic rings. The van der Waals surface area contributed by atoms with E-state index >= 15 is 0 Å². The highest BCUT2D eigenvalue weighted by Gasteiger charge is 2.40. The van der Waals surface area contributed by atoms with Crippen LogP contribution in [0.4, 0.5) is 5.69 Å². The minimum atomic E-state index is -0.556. The number of thioether (sulfide) groups is 1. The van der Waals surface area contributed by atoms with Gasteiger partial charge in [0.25, 0.3) is 5.91 Å². The number of methoxy groups -OCH3 is 1. The van der Waals surface area contributed by atoms with Gasteiger partial charge in [0, 0.05) is 16.6 Å². The van der Waals surface area contributed by atoms with Crippen molar-refractivity contribution in [1.82, 2.24) is 15.0 Å². The van der Waals surface area contributed by atoms with E-state index in [9.17, 15) is 4.79 Å². The van der Waals surface area contributed by atoms with Gasteiger partial charge in [-0.25, -0.2) is 15.0 Å². The summed E-state index contributed by atoms with van der Waals surface area (Å²) >= 11 is 1.56. The van der Waals surface area contributed by atoms with E-state index in [1.165, 1.54) is 19.5 Å². The van der Waals surface area contributed by atoms with Crippen LogP contribution in [-0.4, -0.2) is 37.9 Å². The second-order valence-electron chi connectivity index (χ2n) is 7.09. The number of amidine groups is 1. The number of amides is 1. The molecule has 3 rings (SSSR count). The first-order valence-corrected chi connectivity index (χ1v) is 9.21. The third kappa shape index (κ3) is 4.36. The van der Waals surface area contributed by atoms with Gasteiger partial charge >= 0.3 is 0 Å². The normalized spacial score (nSPS) is 21.3. The molecule has 0 fully saturated rings. The minimum Gasteiger partial charge on any atom is -0.480 e. The Kier molecular flexibility index (Phi) is 5.05. The van der Waals surface area contributed by atoms with Gasteiger partial charge in [-0.3, -0.25) is 9.78 Å². The molecule has 1 aliphatic heterocycles. The highest BCUT2D eigenvalue weighted by molar-refractivity contribution is 8.15. The fourth-order valence-electron chi connectivity index (χ4n) is 3.14. The van der Waals surface area contributed by atoms with Crippen LogP contribution in [0.25, 0.3) is 0 Å². The molecule has 2 aromatic heterocycles. The fourth-order valence-corrected chi connectivity index (χ4v) is 4.30. The molecule has 0 spiro atoms. The van der Waals surface area contributed by atoms with E-state index < -0.39 is 5.54 Å². The predicted molar refractivity (Wildman–Crippen MR) is 106 cm³/mol. The summed E-state index contributed by atoms with van der Waals surface area (Å²) < 4.78 is 4.89. The van der Waals surface area contributed by atoms with Gasteiger partial charge in [-0.1, -0.05) is 25.6 Å². The topological polar surface area (TPSA) is 115 Å². The molecule has 27 heavy (non-hydrogen) atoms. The average Bonchev–Trinajstić information content (AvgIpc) is 2.60. The number of aromatic nitrogens is 3. The minimum absolute atomic E-state index is 0.0554. The zero-order valence-corrected chi connectivity index (χ0v) is 16.5. The van der Waals surface area contributed by atoms with Crippen molar-refractivity contribution in [2.24, 2.45) is 10.7 Å². The fraction of sp³-hybridized carbons (Fsp3) is 0.389. The lowest BCUT2D eigenvalue weighted by molar-refractivity contribution is 0.102. The van der Waals surface area contributed by atoms with E-state index in [2.05, 4.69) is 39.1 Å². The van der Waals surface area contributed by atoms with Crippen LogP contribution < -0.4 is 15.8 Å². The Balaban J connectivity index is 1.83. The number of nitrogens with two attached hydrogens (primary N) is 1. The molecule has 3 N–H and O–H groups in total. The molecular weight excluding hydrogens is 364 g/mol. The van der Waals surface area contributed by atoms with Gasteiger partial charge in [0.05, 0.1) is 25.2 Å². The summed E-state index contributed by atoms with van der Waals surface area (Å²) in [6.45, 7) is 6.26. The lowest BCUT2D eigenvalue weighted by Gasteiger charge is -2.38. The van der Waals surface area contributed by atoms with Crippen LogP contribution in [0.1, 0.15) is 43.4 Å². The molecule has 3 heterocycles. The highest BCUT2D eigenvalue weighted by atomic mass is 32.2. The third-order valence-electron chi connectivity index (χ3n) is 4.15. The van der Waals surface area contributed by atoms with E-state index in [-0.39, 0.29) is 16.3 Å². The van der Waals surface area contributed by atoms with E-state index in [0.717, 1.165) is 12.1 Å². The maximum atomic E-state index is 12.4. The van der Waals surface area contributed by atoms with Crippen molar-refractivity contribution in [3.63, 3.8) is 0 Å². The summed E-state index contributed by atoms with van der Waals surface area (Å²) in [6, 6.07) is 3.54. The molecule has 1 atom stereocenters. The monoisotopic (exact) mass is 386 g/mol. The van der Waals surface area contributed by atoms with Crippen molar-refractivity contribution in [2.45, 2.75) is 37.5 Å². The van der Waals surface area contributed by atoms with Crippen molar-refractivity contribution in [1.29, 1.82) is 0 Å². The second kappa shape index (κ2) is 7.15. The molecule has 0 aliphatic carbocycles. The number of anilines is 1. The number of carbonyl (C=O) groups excluding carboxylic acids is 1. The number of hydrogen-bond donors (Lipinski definition) is 2. The molecule has 0 saturated heterocycles. The quantitative estimate of drug-likeness (QED) is 0.829. The summed E-state index contributed by atoms with van der Waals surface area (Å²) in [6.07, 6.45) is 5.19. The lowest BCUT2D eigenvalue weighted by Crippen LogP contribution is -2.38. The van der Waals surface area contributed by atoms with Gasteiger partial charge in [0.1, 0.15) is 11.2 Å². The molecule has 9 heteroatoms. The smallest absolute Gasteiger partial charge is 0.275 e. The third-order valence-corrected chi connectivity index (χ3v) is 5.14. The first-order valence-electron chi connectivity index (χ1n) is 8.39. The molecule has 0 unspecified atom stereocenters. The Hall–Kier alpha value is -2.68. The highest BCUT2D eigenvalue weighted by Crippen LogP contribution is 2.44.